The molecule has 0 bridgehead atoms. The topological polar surface area (TPSA) is 108 Å². The van der Waals surface area contributed by atoms with E-state index in [1.54, 1.807) is 30.3 Å². The number of fused-ring (bicyclic) bond motifs is 1. The van der Waals surface area contributed by atoms with Gasteiger partial charge in [0.1, 0.15) is 0 Å². The predicted molar refractivity (Wildman–Crippen MR) is 96.7 cm³/mol. The Hall–Kier alpha value is -2.59. The highest BCUT2D eigenvalue weighted by Crippen LogP contribution is 2.38. The van der Waals surface area contributed by atoms with Crippen molar-refractivity contribution in [2.45, 2.75) is 11.5 Å². The van der Waals surface area contributed by atoms with E-state index < -0.39 is 20.8 Å². The van der Waals surface area contributed by atoms with E-state index in [0.29, 0.717) is 22.6 Å². The van der Waals surface area contributed by atoms with Crippen molar-refractivity contribution in [3.8, 4) is 11.5 Å². The summed E-state index contributed by atoms with van der Waals surface area (Å²) in [6.07, 6.45) is 0.817. The summed E-state index contributed by atoms with van der Waals surface area (Å²) in [4.78, 5) is 0.111. The fourth-order valence-electron chi connectivity index (χ4n) is 2.79. The lowest BCUT2D eigenvalue weighted by atomic mass is 10.0. The molecular weight excluding hydrogens is 374 g/mol. The number of sulfone groups is 1. The van der Waals surface area contributed by atoms with Crippen molar-refractivity contribution in [2.75, 3.05) is 19.7 Å². The van der Waals surface area contributed by atoms with Gasteiger partial charge in [-0.05, 0) is 41.0 Å². The summed E-state index contributed by atoms with van der Waals surface area (Å²) < 4.78 is 41.4. The number of hydrogen-bond donors (Lipinski definition) is 1. The predicted octanol–water partition coefficient (Wildman–Crippen LogP) is 2.57. The van der Waals surface area contributed by atoms with Gasteiger partial charge in [0.25, 0.3) is 0 Å². The highest BCUT2D eigenvalue weighted by atomic mass is 32.2. The molecule has 0 fully saturated rings. The molecule has 2 aromatic rings. The molecule has 0 radical (unpaired) electrons. The molecule has 1 N–H and O–H groups in total. The number of methoxy groups -OCH3 is 1. The van der Waals surface area contributed by atoms with Crippen LogP contribution in [0.15, 0.2) is 53.6 Å². The van der Waals surface area contributed by atoms with E-state index in [1.165, 1.54) is 19.2 Å². The summed E-state index contributed by atoms with van der Waals surface area (Å²) in [7, 11) is -2.27. The smallest absolute Gasteiger partial charge is 0.231 e. The van der Waals surface area contributed by atoms with Gasteiger partial charge in [0.05, 0.1) is 17.3 Å². The third-order valence-electron chi connectivity index (χ3n) is 3.96. The monoisotopic (exact) mass is 392 g/mol. The second kappa shape index (κ2) is 7.97. The molecule has 144 valence electrons. The molecule has 0 unspecified atom stereocenters. The fraction of sp³-hybridized carbons (Fsp3) is 0.222. The van der Waals surface area contributed by atoms with E-state index in [1.807, 2.05) is 0 Å². The minimum atomic E-state index is -3.76. The van der Waals surface area contributed by atoms with Crippen molar-refractivity contribution in [1.82, 2.24) is 5.23 Å². The third kappa shape index (κ3) is 4.40. The van der Waals surface area contributed by atoms with Crippen LogP contribution in [-0.4, -0.2) is 38.5 Å². The highest BCUT2D eigenvalue weighted by Gasteiger charge is 2.23. The average molecular weight is 392 g/mol. The molecule has 2 aromatic carbocycles. The van der Waals surface area contributed by atoms with Gasteiger partial charge in [-0.3, -0.25) is 5.21 Å². The minimum Gasteiger partial charge on any atom is -0.734 e. The molecule has 0 atom stereocenters. The molecule has 0 saturated carbocycles. The molecule has 3 rings (SSSR count). The fourth-order valence-corrected chi connectivity index (χ4v) is 4.17. The summed E-state index contributed by atoms with van der Waals surface area (Å²) in [5, 5.41) is 20.0. The zero-order valence-corrected chi connectivity index (χ0v) is 15.3. The molecular formula is C18H18NO7S-. The van der Waals surface area contributed by atoms with E-state index in [9.17, 15) is 18.8 Å². The van der Waals surface area contributed by atoms with Crippen LogP contribution in [0.3, 0.4) is 0 Å². The van der Waals surface area contributed by atoms with Crippen LogP contribution in [0, 0.1) is 5.21 Å². The summed E-state index contributed by atoms with van der Waals surface area (Å²) in [6.45, 7) is 0.194. The number of benzene rings is 2. The lowest BCUT2D eigenvalue weighted by Crippen LogP contribution is -2.13. The van der Waals surface area contributed by atoms with Crippen LogP contribution in [0.25, 0.3) is 5.57 Å². The van der Waals surface area contributed by atoms with Gasteiger partial charge in [-0.2, -0.15) is 0 Å². The van der Waals surface area contributed by atoms with E-state index in [0.717, 1.165) is 6.20 Å². The van der Waals surface area contributed by atoms with Crippen molar-refractivity contribution in [3.05, 3.63) is 65.0 Å². The van der Waals surface area contributed by atoms with Gasteiger partial charge >= 0.3 is 0 Å². The molecule has 0 aliphatic carbocycles. The SMILES string of the molecule is COCc1cc2c(cc1/C(=C\N([O-])O)CS(=O)(=O)c1ccccc1)OCO2. The van der Waals surface area contributed by atoms with Crippen LogP contribution in [0.1, 0.15) is 11.1 Å². The summed E-state index contributed by atoms with van der Waals surface area (Å²) in [6, 6.07) is 11.1. The molecule has 0 amide bonds. The Morgan fingerprint density at radius 2 is 1.93 bits per heavy atom. The van der Waals surface area contributed by atoms with Gasteiger partial charge < -0.3 is 24.6 Å². The number of hydrogen-bond acceptors (Lipinski definition) is 8. The van der Waals surface area contributed by atoms with Crippen molar-refractivity contribution in [3.63, 3.8) is 0 Å². The molecule has 1 aliphatic rings. The molecule has 9 heteroatoms. The normalized spacial score (nSPS) is 13.7. The third-order valence-corrected chi connectivity index (χ3v) is 5.64. The number of nitrogens with zero attached hydrogens (tertiary/aromatic N) is 1. The first-order valence-corrected chi connectivity index (χ1v) is 9.61. The van der Waals surface area contributed by atoms with Crippen molar-refractivity contribution in [2.24, 2.45) is 0 Å². The zero-order chi connectivity index (χ0) is 19.4. The second-order valence-corrected chi connectivity index (χ2v) is 7.81. The van der Waals surface area contributed by atoms with Gasteiger partial charge in [-0.15, -0.1) is 0 Å². The molecule has 0 saturated heterocycles. The molecule has 0 aromatic heterocycles. The number of hydroxylamine groups is 2. The minimum absolute atomic E-state index is 0.0419. The van der Waals surface area contributed by atoms with E-state index in [4.69, 9.17) is 14.2 Å². The Bertz CT molecular complexity index is 940. The standard InChI is InChI=1S/C18H18NO7S/c1-24-10-13-7-17-18(26-12-25-17)8-16(13)14(9-19(20)21)11-27(22,23)15-5-3-2-4-6-15/h2-9,20H,10-12H2,1H3/q-1/b14-9-. The van der Waals surface area contributed by atoms with Crippen LogP contribution >= 0.6 is 0 Å². The van der Waals surface area contributed by atoms with E-state index in [2.05, 4.69) is 0 Å². The van der Waals surface area contributed by atoms with Crippen LogP contribution in [0.2, 0.25) is 0 Å². The molecule has 8 nitrogen and oxygen atoms in total. The van der Waals surface area contributed by atoms with Crippen LogP contribution < -0.4 is 9.47 Å². The van der Waals surface area contributed by atoms with E-state index >= 15 is 0 Å². The van der Waals surface area contributed by atoms with E-state index in [-0.39, 0.29) is 23.9 Å². The Balaban J connectivity index is 2.06. The van der Waals surface area contributed by atoms with Crippen molar-refractivity contribution >= 4 is 15.4 Å². The van der Waals surface area contributed by atoms with Gasteiger partial charge in [0.2, 0.25) is 6.79 Å². The highest BCUT2D eigenvalue weighted by molar-refractivity contribution is 7.91. The maximum absolute atomic E-state index is 12.8. The van der Waals surface area contributed by atoms with Crippen molar-refractivity contribution in [1.29, 1.82) is 0 Å². The summed E-state index contributed by atoms with van der Waals surface area (Å²) >= 11 is 0. The molecule has 0 spiro atoms. The molecule has 1 heterocycles. The first-order chi connectivity index (χ1) is 12.9. The Kier molecular flexibility index (Phi) is 5.66. The van der Waals surface area contributed by atoms with Crippen LogP contribution in [0.5, 0.6) is 11.5 Å². The second-order valence-electron chi connectivity index (χ2n) is 5.82. The lowest BCUT2D eigenvalue weighted by Gasteiger charge is -2.21. The quantitative estimate of drug-likeness (QED) is 0.716. The first kappa shape index (κ1) is 19.2. The van der Waals surface area contributed by atoms with Gasteiger partial charge in [-0.25, -0.2) is 8.42 Å². The van der Waals surface area contributed by atoms with Gasteiger partial charge in [0.15, 0.2) is 21.3 Å². The molecule has 1 aliphatic heterocycles. The lowest BCUT2D eigenvalue weighted by molar-refractivity contribution is 0.0124. The largest absolute Gasteiger partial charge is 0.734 e. The van der Waals surface area contributed by atoms with Crippen molar-refractivity contribution < 1.29 is 27.8 Å². The maximum Gasteiger partial charge on any atom is 0.231 e. The number of ether oxygens (including phenoxy) is 3. The Morgan fingerprint density at radius 3 is 2.56 bits per heavy atom. The van der Waals surface area contributed by atoms with Crippen LogP contribution in [-0.2, 0) is 21.2 Å². The first-order valence-electron chi connectivity index (χ1n) is 7.96. The van der Waals surface area contributed by atoms with Gasteiger partial charge in [-0.1, -0.05) is 18.2 Å². The Morgan fingerprint density at radius 1 is 1.26 bits per heavy atom. The van der Waals surface area contributed by atoms with Crippen LogP contribution in [0.4, 0.5) is 0 Å². The van der Waals surface area contributed by atoms with Gasteiger partial charge in [0, 0.05) is 13.3 Å². The molecule has 27 heavy (non-hydrogen) atoms. The summed E-state index contributed by atoms with van der Waals surface area (Å²) in [5.41, 5.74) is 1.11. The summed E-state index contributed by atoms with van der Waals surface area (Å²) in [5.74, 6) is 0.425. The Labute approximate surface area is 156 Å². The maximum atomic E-state index is 12.8. The average Bonchev–Trinajstić information content (AvgIpc) is 3.08. The zero-order valence-electron chi connectivity index (χ0n) is 14.5. The number of rotatable bonds is 7.